The third-order valence-electron chi connectivity index (χ3n) is 6.43. The van der Waals surface area contributed by atoms with E-state index in [9.17, 15) is 9.59 Å². The van der Waals surface area contributed by atoms with Crippen LogP contribution in [-0.4, -0.2) is 35.4 Å². The van der Waals surface area contributed by atoms with Gasteiger partial charge in [-0.2, -0.15) is 0 Å². The van der Waals surface area contributed by atoms with E-state index >= 15 is 0 Å². The van der Waals surface area contributed by atoms with Crippen molar-refractivity contribution < 1.29 is 14.3 Å². The quantitative estimate of drug-likeness (QED) is 0.519. The van der Waals surface area contributed by atoms with E-state index in [1.165, 1.54) is 6.42 Å². The van der Waals surface area contributed by atoms with Crippen molar-refractivity contribution in [3.63, 3.8) is 0 Å². The van der Waals surface area contributed by atoms with Gasteiger partial charge in [0, 0.05) is 17.6 Å². The SMILES string of the molecule is CCC(C(=O)NC1CCCCC1)N(Cc1ccccc1C)C(=O)COc1ccc(Cl)c(C)c1. The number of ether oxygens (including phenoxy) is 1. The van der Waals surface area contributed by atoms with Gasteiger partial charge >= 0.3 is 0 Å². The zero-order valence-electron chi connectivity index (χ0n) is 19.9. The molecule has 0 spiro atoms. The molecule has 0 aromatic heterocycles. The van der Waals surface area contributed by atoms with Crippen LogP contribution in [0.1, 0.15) is 62.1 Å². The topological polar surface area (TPSA) is 58.6 Å². The van der Waals surface area contributed by atoms with Gasteiger partial charge in [-0.3, -0.25) is 9.59 Å². The second-order valence-corrected chi connectivity index (χ2v) is 9.32. The summed E-state index contributed by atoms with van der Waals surface area (Å²) < 4.78 is 5.80. The largest absolute Gasteiger partial charge is 0.484 e. The highest BCUT2D eigenvalue weighted by molar-refractivity contribution is 6.31. The van der Waals surface area contributed by atoms with Crippen molar-refractivity contribution in [1.82, 2.24) is 10.2 Å². The van der Waals surface area contributed by atoms with Gasteiger partial charge in [0.25, 0.3) is 5.91 Å². The van der Waals surface area contributed by atoms with E-state index in [0.29, 0.717) is 23.7 Å². The van der Waals surface area contributed by atoms with Gasteiger partial charge in [-0.15, -0.1) is 0 Å². The second-order valence-electron chi connectivity index (χ2n) is 8.92. The first-order chi connectivity index (χ1) is 15.9. The maximum atomic E-state index is 13.4. The molecular formula is C27H35ClN2O3. The Hall–Kier alpha value is -2.53. The summed E-state index contributed by atoms with van der Waals surface area (Å²) in [6.45, 7) is 6.09. The minimum absolute atomic E-state index is 0.0753. The van der Waals surface area contributed by atoms with E-state index in [1.807, 2.05) is 51.1 Å². The van der Waals surface area contributed by atoms with Crippen molar-refractivity contribution in [2.24, 2.45) is 0 Å². The van der Waals surface area contributed by atoms with Crippen LogP contribution in [0.3, 0.4) is 0 Å². The van der Waals surface area contributed by atoms with Crippen LogP contribution in [0.5, 0.6) is 5.75 Å². The molecule has 2 aromatic carbocycles. The number of benzene rings is 2. The van der Waals surface area contributed by atoms with Crippen LogP contribution in [-0.2, 0) is 16.1 Å². The summed E-state index contributed by atoms with van der Waals surface area (Å²) >= 11 is 6.10. The monoisotopic (exact) mass is 470 g/mol. The molecular weight excluding hydrogens is 436 g/mol. The summed E-state index contributed by atoms with van der Waals surface area (Å²) in [5.41, 5.74) is 3.00. The van der Waals surface area contributed by atoms with Gasteiger partial charge in [0.05, 0.1) is 0 Å². The van der Waals surface area contributed by atoms with Crippen LogP contribution in [0, 0.1) is 13.8 Å². The summed E-state index contributed by atoms with van der Waals surface area (Å²) in [5.74, 6) is 0.297. The van der Waals surface area contributed by atoms with Gasteiger partial charge in [0.15, 0.2) is 6.61 Å². The lowest BCUT2D eigenvalue weighted by molar-refractivity contribution is -0.143. The fourth-order valence-electron chi connectivity index (χ4n) is 4.37. The average molecular weight is 471 g/mol. The Morgan fingerprint density at radius 3 is 2.48 bits per heavy atom. The lowest BCUT2D eigenvalue weighted by Gasteiger charge is -2.33. The van der Waals surface area contributed by atoms with Gasteiger partial charge < -0.3 is 15.0 Å². The van der Waals surface area contributed by atoms with Crippen molar-refractivity contribution in [3.05, 3.63) is 64.2 Å². The first-order valence-electron chi connectivity index (χ1n) is 11.9. The van der Waals surface area contributed by atoms with Crippen molar-refractivity contribution in [2.75, 3.05) is 6.61 Å². The summed E-state index contributed by atoms with van der Waals surface area (Å²) in [5, 5.41) is 3.86. The van der Waals surface area contributed by atoms with Gasteiger partial charge in [-0.1, -0.05) is 62.1 Å². The fraction of sp³-hybridized carbons (Fsp3) is 0.481. The average Bonchev–Trinajstić information content (AvgIpc) is 2.81. The molecule has 33 heavy (non-hydrogen) atoms. The van der Waals surface area contributed by atoms with Crippen LogP contribution in [0.2, 0.25) is 5.02 Å². The Balaban J connectivity index is 1.77. The van der Waals surface area contributed by atoms with Gasteiger partial charge in [-0.05, 0) is 68.0 Å². The molecule has 1 aliphatic carbocycles. The lowest BCUT2D eigenvalue weighted by atomic mass is 9.95. The second kappa shape index (κ2) is 12.1. The molecule has 1 unspecified atom stereocenters. The highest BCUT2D eigenvalue weighted by Crippen LogP contribution is 2.22. The molecule has 1 N–H and O–H groups in total. The lowest BCUT2D eigenvalue weighted by Crippen LogP contribution is -2.52. The summed E-state index contributed by atoms with van der Waals surface area (Å²) in [7, 11) is 0. The molecule has 178 valence electrons. The van der Waals surface area contributed by atoms with Crippen LogP contribution >= 0.6 is 11.6 Å². The number of amides is 2. The summed E-state index contributed by atoms with van der Waals surface area (Å²) in [6.07, 6.45) is 6.06. The van der Waals surface area contributed by atoms with Crippen molar-refractivity contribution in [1.29, 1.82) is 0 Å². The van der Waals surface area contributed by atoms with Gasteiger partial charge in [0.2, 0.25) is 5.91 Å². The molecule has 1 aliphatic rings. The van der Waals surface area contributed by atoms with E-state index < -0.39 is 6.04 Å². The highest BCUT2D eigenvalue weighted by atomic mass is 35.5. The van der Waals surface area contributed by atoms with Gasteiger partial charge in [0.1, 0.15) is 11.8 Å². The van der Waals surface area contributed by atoms with Crippen molar-refractivity contribution in [3.8, 4) is 5.75 Å². The predicted molar refractivity (Wildman–Crippen MR) is 133 cm³/mol. The Morgan fingerprint density at radius 2 is 1.82 bits per heavy atom. The molecule has 1 fully saturated rings. The zero-order chi connectivity index (χ0) is 23.8. The minimum atomic E-state index is -0.547. The first kappa shape index (κ1) is 25.1. The first-order valence-corrected chi connectivity index (χ1v) is 12.3. The molecule has 1 atom stereocenters. The molecule has 0 radical (unpaired) electrons. The Labute approximate surface area is 202 Å². The number of carbonyl (C=O) groups excluding carboxylic acids is 2. The smallest absolute Gasteiger partial charge is 0.261 e. The van der Waals surface area contributed by atoms with Crippen LogP contribution in [0.25, 0.3) is 0 Å². The maximum Gasteiger partial charge on any atom is 0.261 e. The van der Waals surface area contributed by atoms with E-state index in [2.05, 4.69) is 5.32 Å². The van der Waals surface area contributed by atoms with Crippen molar-refractivity contribution in [2.45, 2.75) is 77.9 Å². The normalized spacial score (nSPS) is 15.0. The number of hydrogen-bond donors (Lipinski definition) is 1. The number of carbonyl (C=O) groups is 2. The molecule has 0 aliphatic heterocycles. The predicted octanol–water partition coefficient (Wildman–Crippen LogP) is 5.59. The number of aryl methyl sites for hydroxylation is 2. The van der Waals surface area contributed by atoms with E-state index in [4.69, 9.17) is 16.3 Å². The Kier molecular flexibility index (Phi) is 9.19. The van der Waals surface area contributed by atoms with Crippen molar-refractivity contribution >= 4 is 23.4 Å². The van der Waals surface area contributed by atoms with E-state index in [-0.39, 0.29) is 24.5 Å². The molecule has 3 rings (SSSR count). The molecule has 6 heteroatoms. The highest BCUT2D eigenvalue weighted by Gasteiger charge is 2.30. The number of nitrogens with zero attached hydrogens (tertiary/aromatic N) is 1. The molecule has 5 nitrogen and oxygen atoms in total. The summed E-state index contributed by atoms with van der Waals surface area (Å²) in [4.78, 5) is 28.3. The third-order valence-corrected chi connectivity index (χ3v) is 6.86. The summed E-state index contributed by atoms with van der Waals surface area (Å²) in [6, 6.07) is 12.9. The molecule has 0 heterocycles. The molecule has 2 amide bonds. The number of rotatable bonds is 9. The van der Waals surface area contributed by atoms with Gasteiger partial charge in [-0.25, -0.2) is 0 Å². The standard InChI is InChI=1S/C27H35ClN2O3/c1-4-25(27(32)29-22-12-6-5-7-13-22)30(17-21-11-9-8-10-19(21)2)26(31)18-33-23-14-15-24(28)20(3)16-23/h8-11,14-16,22,25H,4-7,12-13,17-18H2,1-3H3,(H,29,32). The Bertz CT molecular complexity index is 956. The molecule has 1 saturated carbocycles. The third kappa shape index (κ3) is 6.97. The van der Waals surface area contributed by atoms with E-state index in [0.717, 1.165) is 42.4 Å². The molecule has 0 saturated heterocycles. The van der Waals surface area contributed by atoms with E-state index in [1.54, 1.807) is 17.0 Å². The number of halogens is 1. The number of hydrogen-bond acceptors (Lipinski definition) is 3. The maximum absolute atomic E-state index is 13.4. The van der Waals surface area contributed by atoms with Crippen LogP contribution in [0.15, 0.2) is 42.5 Å². The Morgan fingerprint density at radius 1 is 1.09 bits per heavy atom. The minimum Gasteiger partial charge on any atom is -0.484 e. The van der Waals surface area contributed by atoms with Crippen LogP contribution in [0.4, 0.5) is 0 Å². The number of nitrogens with one attached hydrogen (secondary N) is 1. The zero-order valence-corrected chi connectivity index (χ0v) is 20.7. The molecule has 0 bridgehead atoms. The fourth-order valence-corrected chi connectivity index (χ4v) is 4.49. The molecule has 2 aromatic rings. The van der Waals surface area contributed by atoms with Crippen LogP contribution < -0.4 is 10.1 Å².